The molecule has 1 aliphatic carbocycles. The normalized spacial score (nSPS) is 29.8. The Morgan fingerprint density at radius 3 is 2.82 bits per heavy atom. The summed E-state index contributed by atoms with van der Waals surface area (Å²) in [7, 11) is 0. The van der Waals surface area contributed by atoms with Crippen LogP contribution in [0.2, 0.25) is 0 Å². The van der Waals surface area contributed by atoms with E-state index < -0.39 is 4.92 Å². The summed E-state index contributed by atoms with van der Waals surface area (Å²) in [4.78, 5) is 14.2. The fourth-order valence-electron chi connectivity index (χ4n) is 2.42. The lowest BCUT2D eigenvalue weighted by Gasteiger charge is -2.09. The van der Waals surface area contributed by atoms with E-state index in [0.717, 1.165) is 13.1 Å². The first-order valence-electron chi connectivity index (χ1n) is 5.44. The van der Waals surface area contributed by atoms with Crippen LogP contribution in [0.5, 0.6) is 0 Å². The van der Waals surface area contributed by atoms with Gasteiger partial charge in [0.25, 0.3) is 5.69 Å². The van der Waals surface area contributed by atoms with Gasteiger partial charge in [0.1, 0.15) is 12.0 Å². The number of halogens is 1. The molecule has 1 aromatic heterocycles. The number of piperidine rings is 1. The summed E-state index contributed by atoms with van der Waals surface area (Å²) in [6.45, 7) is 2.10. The summed E-state index contributed by atoms with van der Waals surface area (Å²) in [6.07, 6.45) is 1.28. The van der Waals surface area contributed by atoms with Crippen molar-refractivity contribution < 1.29 is 4.92 Å². The Balaban J connectivity index is 1.73. The average Bonchev–Trinajstić information content (AvgIpc) is 2.74. The van der Waals surface area contributed by atoms with Crippen molar-refractivity contribution >= 4 is 27.4 Å². The molecule has 2 heterocycles. The third-order valence-corrected chi connectivity index (χ3v) is 4.04. The van der Waals surface area contributed by atoms with Crippen LogP contribution in [-0.4, -0.2) is 29.0 Å². The number of hydrogen-bond donors (Lipinski definition) is 2. The fourth-order valence-corrected chi connectivity index (χ4v) is 2.88. The Bertz CT molecular complexity index is 471. The number of nitrogens with one attached hydrogen (secondary N) is 2. The zero-order chi connectivity index (χ0) is 12.0. The van der Waals surface area contributed by atoms with Crippen LogP contribution < -0.4 is 10.6 Å². The summed E-state index contributed by atoms with van der Waals surface area (Å²) in [6, 6.07) is 1.94. The molecular weight excluding hydrogens is 288 g/mol. The largest absolute Gasteiger partial charge is 0.366 e. The van der Waals surface area contributed by atoms with Crippen molar-refractivity contribution in [1.29, 1.82) is 0 Å². The van der Waals surface area contributed by atoms with Gasteiger partial charge >= 0.3 is 0 Å². The SMILES string of the molecule is O=[N+]([O-])c1cnc(NC2C3CNCC32)c(Br)c1. The Labute approximate surface area is 106 Å². The Hall–Kier alpha value is -1.21. The zero-order valence-corrected chi connectivity index (χ0v) is 10.5. The molecule has 2 atom stereocenters. The van der Waals surface area contributed by atoms with Crippen LogP contribution in [0.1, 0.15) is 0 Å². The van der Waals surface area contributed by atoms with Gasteiger partial charge in [-0.15, -0.1) is 0 Å². The van der Waals surface area contributed by atoms with Gasteiger partial charge in [-0.2, -0.15) is 0 Å². The highest BCUT2D eigenvalue weighted by atomic mass is 79.9. The van der Waals surface area contributed by atoms with Crippen LogP contribution in [0, 0.1) is 22.0 Å². The highest BCUT2D eigenvalue weighted by Crippen LogP contribution is 2.44. The van der Waals surface area contributed by atoms with Crippen LogP contribution in [-0.2, 0) is 0 Å². The van der Waals surface area contributed by atoms with E-state index in [9.17, 15) is 10.1 Å². The molecule has 2 aliphatic rings. The minimum absolute atomic E-state index is 0.0000766. The Kier molecular flexibility index (Phi) is 2.52. The van der Waals surface area contributed by atoms with Gasteiger partial charge in [-0.1, -0.05) is 0 Å². The lowest BCUT2D eigenvalue weighted by Crippen LogP contribution is -2.21. The van der Waals surface area contributed by atoms with Gasteiger partial charge in [0, 0.05) is 25.2 Å². The average molecular weight is 299 g/mol. The van der Waals surface area contributed by atoms with E-state index in [4.69, 9.17) is 0 Å². The molecule has 0 spiro atoms. The van der Waals surface area contributed by atoms with Crippen LogP contribution in [0.4, 0.5) is 11.5 Å². The monoisotopic (exact) mass is 298 g/mol. The maximum atomic E-state index is 10.6. The molecule has 0 aromatic carbocycles. The van der Waals surface area contributed by atoms with Gasteiger partial charge < -0.3 is 10.6 Å². The highest BCUT2D eigenvalue weighted by Gasteiger charge is 2.53. The van der Waals surface area contributed by atoms with E-state index in [0.29, 0.717) is 28.2 Å². The summed E-state index contributed by atoms with van der Waals surface area (Å²) in [5, 5.41) is 17.2. The molecule has 2 N–H and O–H groups in total. The van der Waals surface area contributed by atoms with E-state index in [1.54, 1.807) is 0 Å². The molecule has 1 aliphatic heterocycles. The van der Waals surface area contributed by atoms with E-state index in [1.165, 1.54) is 12.3 Å². The minimum Gasteiger partial charge on any atom is -0.366 e. The Morgan fingerprint density at radius 2 is 2.24 bits per heavy atom. The van der Waals surface area contributed by atoms with Crippen molar-refractivity contribution in [1.82, 2.24) is 10.3 Å². The predicted octanol–water partition coefficient (Wildman–Crippen LogP) is 1.38. The van der Waals surface area contributed by atoms with Crippen LogP contribution in [0.25, 0.3) is 0 Å². The number of anilines is 1. The number of nitro groups is 1. The second-order valence-electron chi connectivity index (χ2n) is 4.44. The van der Waals surface area contributed by atoms with Crippen molar-refractivity contribution in [2.75, 3.05) is 18.4 Å². The molecule has 1 saturated carbocycles. The van der Waals surface area contributed by atoms with E-state index in [-0.39, 0.29) is 5.69 Å². The number of rotatable bonds is 3. The lowest BCUT2D eigenvalue weighted by atomic mass is 10.4. The first kappa shape index (κ1) is 10.9. The first-order chi connectivity index (χ1) is 8.16. The smallest absolute Gasteiger partial charge is 0.288 e. The molecule has 1 saturated heterocycles. The van der Waals surface area contributed by atoms with Crippen molar-refractivity contribution in [3.63, 3.8) is 0 Å². The molecule has 3 rings (SSSR count). The maximum Gasteiger partial charge on any atom is 0.288 e. The molecule has 0 radical (unpaired) electrons. The van der Waals surface area contributed by atoms with Crippen LogP contribution in [0.15, 0.2) is 16.7 Å². The molecule has 1 aromatic rings. The minimum atomic E-state index is -0.447. The van der Waals surface area contributed by atoms with Crippen molar-refractivity contribution in [2.24, 2.45) is 11.8 Å². The highest BCUT2D eigenvalue weighted by molar-refractivity contribution is 9.10. The van der Waals surface area contributed by atoms with Crippen LogP contribution >= 0.6 is 15.9 Å². The van der Waals surface area contributed by atoms with Gasteiger partial charge in [-0.3, -0.25) is 10.1 Å². The van der Waals surface area contributed by atoms with Gasteiger partial charge in [0.2, 0.25) is 0 Å². The molecule has 2 fully saturated rings. The standard InChI is InChI=1S/C10H11BrN4O2/c11-8-1-5(15(16)17)2-13-10(8)14-9-6-3-12-4-7(6)9/h1-2,6-7,9,12H,3-4H2,(H,13,14). The molecule has 6 nitrogen and oxygen atoms in total. The number of pyridine rings is 1. The molecule has 0 bridgehead atoms. The van der Waals surface area contributed by atoms with Gasteiger partial charge in [-0.25, -0.2) is 4.98 Å². The second kappa shape index (κ2) is 3.92. The topological polar surface area (TPSA) is 80.1 Å². The molecule has 7 heteroatoms. The summed E-state index contributed by atoms with van der Waals surface area (Å²) < 4.78 is 0.643. The Morgan fingerprint density at radius 1 is 1.53 bits per heavy atom. The fraction of sp³-hybridized carbons (Fsp3) is 0.500. The summed E-state index contributed by atoms with van der Waals surface area (Å²) >= 11 is 3.31. The quantitative estimate of drug-likeness (QED) is 0.651. The van der Waals surface area contributed by atoms with Crippen molar-refractivity contribution in [3.05, 3.63) is 26.9 Å². The molecule has 0 amide bonds. The third-order valence-electron chi connectivity index (χ3n) is 3.43. The van der Waals surface area contributed by atoms with Gasteiger partial charge in [0.05, 0.1) is 9.40 Å². The predicted molar refractivity (Wildman–Crippen MR) is 65.9 cm³/mol. The molecular formula is C10H11BrN4O2. The summed E-state index contributed by atoms with van der Waals surface area (Å²) in [5.41, 5.74) is 0.0000766. The van der Waals surface area contributed by atoms with Crippen molar-refractivity contribution in [3.8, 4) is 0 Å². The molecule has 90 valence electrons. The zero-order valence-electron chi connectivity index (χ0n) is 8.89. The van der Waals surface area contributed by atoms with E-state index in [1.807, 2.05) is 0 Å². The number of fused-ring (bicyclic) bond motifs is 1. The number of nitrogens with zero attached hydrogens (tertiary/aromatic N) is 2. The van der Waals surface area contributed by atoms with Crippen molar-refractivity contribution in [2.45, 2.75) is 6.04 Å². The van der Waals surface area contributed by atoms with E-state index in [2.05, 4.69) is 31.5 Å². The molecule has 17 heavy (non-hydrogen) atoms. The third kappa shape index (κ3) is 1.89. The van der Waals surface area contributed by atoms with Crippen LogP contribution in [0.3, 0.4) is 0 Å². The number of hydrogen-bond acceptors (Lipinski definition) is 5. The van der Waals surface area contributed by atoms with Gasteiger partial charge in [0.15, 0.2) is 0 Å². The first-order valence-corrected chi connectivity index (χ1v) is 6.23. The van der Waals surface area contributed by atoms with Gasteiger partial charge in [-0.05, 0) is 27.8 Å². The number of aromatic nitrogens is 1. The molecule has 2 unspecified atom stereocenters. The lowest BCUT2D eigenvalue weighted by molar-refractivity contribution is -0.385. The maximum absolute atomic E-state index is 10.6. The second-order valence-corrected chi connectivity index (χ2v) is 5.29. The summed E-state index contributed by atoms with van der Waals surface area (Å²) in [5.74, 6) is 2.05. The van der Waals surface area contributed by atoms with E-state index >= 15 is 0 Å².